The van der Waals surface area contributed by atoms with Crippen LogP contribution in [0.25, 0.3) is 20.8 Å². The van der Waals surface area contributed by atoms with Crippen molar-refractivity contribution in [2.24, 2.45) is 13.0 Å². The molecule has 9 nitrogen and oxygen atoms in total. The molecular formula is C22H19FN6O3S. The summed E-state index contributed by atoms with van der Waals surface area (Å²) in [6, 6.07) is 6.99. The lowest BCUT2D eigenvalue weighted by Gasteiger charge is -2.11. The van der Waals surface area contributed by atoms with Crippen molar-refractivity contribution < 1.29 is 18.7 Å². The fraction of sp³-hybridized carbons (Fsp3) is 0.182. The van der Waals surface area contributed by atoms with Gasteiger partial charge < -0.3 is 14.6 Å². The number of fused-ring (bicyclic) bond motifs is 1. The van der Waals surface area contributed by atoms with E-state index in [0.717, 1.165) is 39.7 Å². The van der Waals surface area contributed by atoms with Crippen LogP contribution in [0, 0.1) is 11.7 Å². The van der Waals surface area contributed by atoms with Gasteiger partial charge in [-0.25, -0.2) is 19.6 Å². The van der Waals surface area contributed by atoms with Gasteiger partial charge in [-0.15, -0.1) is 11.3 Å². The summed E-state index contributed by atoms with van der Waals surface area (Å²) in [6.07, 6.45) is 6.87. The number of amides is 3. The molecule has 1 aromatic carbocycles. The third-order valence-electron chi connectivity index (χ3n) is 4.99. The largest absolute Gasteiger partial charge is 0.453 e. The summed E-state index contributed by atoms with van der Waals surface area (Å²) >= 11 is 1.46. The van der Waals surface area contributed by atoms with Crippen molar-refractivity contribution in [1.82, 2.24) is 25.4 Å². The SMILES string of the molecule is Cn1cnc(-c2cc3nccc(Oc4ccc(NC(=O)NNC(=O)C5CC5)cc4F)c3s2)c1. The number of hydrazine groups is 1. The van der Waals surface area contributed by atoms with E-state index in [4.69, 9.17) is 4.74 Å². The summed E-state index contributed by atoms with van der Waals surface area (Å²) in [5, 5.41) is 2.46. The highest BCUT2D eigenvalue weighted by Crippen LogP contribution is 2.39. The maximum Gasteiger partial charge on any atom is 0.337 e. The summed E-state index contributed by atoms with van der Waals surface area (Å²) in [5.41, 5.74) is 6.33. The van der Waals surface area contributed by atoms with Crippen LogP contribution in [0.4, 0.5) is 14.9 Å². The number of nitrogens with zero attached hydrogens (tertiary/aromatic N) is 3. The first-order valence-electron chi connectivity index (χ1n) is 10.2. The molecule has 1 aliphatic rings. The van der Waals surface area contributed by atoms with Crippen LogP contribution in [0.5, 0.6) is 11.5 Å². The van der Waals surface area contributed by atoms with Gasteiger partial charge in [-0.1, -0.05) is 0 Å². The topological polar surface area (TPSA) is 110 Å². The molecule has 3 amide bonds. The van der Waals surface area contributed by atoms with Gasteiger partial charge in [0.25, 0.3) is 0 Å². The number of thiophene rings is 1. The van der Waals surface area contributed by atoms with Crippen molar-refractivity contribution in [1.29, 1.82) is 0 Å². The van der Waals surface area contributed by atoms with Crippen molar-refractivity contribution in [3.63, 3.8) is 0 Å². The standard InChI is InChI=1S/C22H19FN6O3S/c1-29-10-16(25-11-29)19-9-15-20(33-19)18(6-7-24-15)32-17-5-4-13(8-14(17)23)26-22(31)28-27-21(30)12-2-3-12/h4-12H,2-3H2,1H3,(H,27,30)(H2,26,28,31). The molecule has 168 valence electrons. The molecule has 4 aromatic rings. The summed E-state index contributed by atoms with van der Waals surface area (Å²) in [6.45, 7) is 0. The van der Waals surface area contributed by atoms with Gasteiger partial charge in [-0.3, -0.25) is 15.2 Å². The lowest BCUT2D eigenvalue weighted by atomic mass is 10.3. The Balaban J connectivity index is 1.29. The van der Waals surface area contributed by atoms with E-state index in [1.807, 2.05) is 23.9 Å². The second-order valence-electron chi connectivity index (χ2n) is 7.65. The average Bonchev–Trinajstić information content (AvgIpc) is 3.41. The normalized spacial score (nSPS) is 13.0. The monoisotopic (exact) mass is 466 g/mol. The Morgan fingerprint density at radius 1 is 1.15 bits per heavy atom. The second-order valence-corrected chi connectivity index (χ2v) is 8.70. The molecule has 0 atom stereocenters. The molecule has 0 unspecified atom stereocenters. The second kappa shape index (κ2) is 8.51. The summed E-state index contributed by atoms with van der Waals surface area (Å²) in [5.74, 6) is -0.456. The lowest BCUT2D eigenvalue weighted by Crippen LogP contribution is -2.44. The molecule has 1 saturated carbocycles. The predicted octanol–water partition coefficient (Wildman–Crippen LogP) is 4.19. The van der Waals surface area contributed by atoms with Crippen LogP contribution in [0.15, 0.2) is 49.1 Å². The van der Waals surface area contributed by atoms with Crippen LogP contribution >= 0.6 is 11.3 Å². The van der Waals surface area contributed by atoms with Gasteiger partial charge in [0, 0.05) is 43.2 Å². The molecule has 3 aromatic heterocycles. The molecule has 5 rings (SSSR count). The van der Waals surface area contributed by atoms with E-state index in [9.17, 15) is 14.0 Å². The fourth-order valence-electron chi connectivity index (χ4n) is 3.17. The number of aromatic nitrogens is 3. The van der Waals surface area contributed by atoms with E-state index < -0.39 is 11.8 Å². The molecule has 3 heterocycles. The highest BCUT2D eigenvalue weighted by Gasteiger charge is 2.29. The maximum absolute atomic E-state index is 14.7. The highest BCUT2D eigenvalue weighted by atomic mass is 32.1. The summed E-state index contributed by atoms with van der Waals surface area (Å²) in [4.78, 5) is 33.1. The summed E-state index contributed by atoms with van der Waals surface area (Å²) in [7, 11) is 1.89. The van der Waals surface area contributed by atoms with Gasteiger partial charge in [0.2, 0.25) is 5.91 Å². The predicted molar refractivity (Wildman–Crippen MR) is 121 cm³/mol. The Morgan fingerprint density at radius 3 is 2.73 bits per heavy atom. The zero-order valence-corrected chi connectivity index (χ0v) is 18.3. The van der Waals surface area contributed by atoms with Gasteiger partial charge in [0.05, 0.1) is 27.1 Å². The van der Waals surface area contributed by atoms with Crippen LogP contribution in [0.1, 0.15) is 12.8 Å². The van der Waals surface area contributed by atoms with Crippen molar-refractivity contribution in [3.05, 3.63) is 54.9 Å². The Morgan fingerprint density at radius 2 is 2.00 bits per heavy atom. The number of aryl methyl sites for hydroxylation is 1. The molecule has 33 heavy (non-hydrogen) atoms. The molecule has 0 bridgehead atoms. The molecule has 1 aliphatic carbocycles. The number of urea groups is 1. The Labute approximate surface area is 191 Å². The Kier molecular flexibility index (Phi) is 5.38. The number of carbonyl (C=O) groups is 2. The van der Waals surface area contributed by atoms with Crippen LogP contribution in [0.2, 0.25) is 0 Å². The number of benzene rings is 1. The number of ether oxygens (including phenoxy) is 1. The van der Waals surface area contributed by atoms with Gasteiger partial charge >= 0.3 is 6.03 Å². The first-order valence-corrected chi connectivity index (χ1v) is 11.0. The van der Waals surface area contributed by atoms with Crippen LogP contribution in [0.3, 0.4) is 0 Å². The van der Waals surface area contributed by atoms with Gasteiger partial charge in [0.15, 0.2) is 11.6 Å². The Bertz CT molecular complexity index is 1360. The molecule has 11 heteroatoms. The van der Waals surface area contributed by atoms with Crippen molar-refractivity contribution in [2.75, 3.05) is 5.32 Å². The van der Waals surface area contributed by atoms with Crippen molar-refractivity contribution >= 4 is 39.2 Å². The minimum absolute atomic E-state index is 0.00304. The molecule has 0 spiro atoms. The number of rotatable bonds is 5. The van der Waals surface area contributed by atoms with Crippen molar-refractivity contribution in [2.45, 2.75) is 12.8 Å². The quantitative estimate of drug-likeness (QED) is 0.382. The van der Waals surface area contributed by atoms with Crippen molar-refractivity contribution in [3.8, 4) is 22.1 Å². The van der Waals surface area contributed by atoms with E-state index in [1.54, 1.807) is 18.6 Å². The smallest absolute Gasteiger partial charge is 0.337 e. The lowest BCUT2D eigenvalue weighted by molar-refractivity contribution is -0.122. The zero-order valence-electron chi connectivity index (χ0n) is 17.5. The van der Waals surface area contributed by atoms with Crippen LogP contribution < -0.4 is 20.9 Å². The van der Waals surface area contributed by atoms with E-state index >= 15 is 0 Å². The number of pyridine rings is 1. The van der Waals surface area contributed by atoms with Gasteiger partial charge in [0.1, 0.15) is 5.75 Å². The molecular weight excluding hydrogens is 447 g/mol. The molecule has 0 saturated heterocycles. The van der Waals surface area contributed by atoms with E-state index in [2.05, 4.69) is 26.1 Å². The number of hydrogen-bond donors (Lipinski definition) is 3. The van der Waals surface area contributed by atoms with E-state index in [1.165, 1.54) is 23.5 Å². The third kappa shape index (κ3) is 4.62. The Hall–Kier alpha value is -3.99. The fourth-order valence-corrected chi connectivity index (χ4v) is 4.20. The molecule has 0 aliphatic heterocycles. The average molecular weight is 466 g/mol. The first-order chi connectivity index (χ1) is 16.0. The number of halogens is 1. The minimum atomic E-state index is -0.673. The first kappa shape index (κ1) is 20.9. The van der Waals surface area contributed by atoms with E-state index in [-0.39, 0.29) is 23.3 Å². The molecule has 1 fully saturated rings. The summed E-state index contributed by atoms with van der Waals surface area (Å²) < 4.78 is 23.2. The number of anilines is 1. The number of carbonyl (C=O) groups excluding carboxylic acids is 2. The van der Waals surface area contributed by atoms with Gasteiger partial charge in [-0.05, 0) is 31.0 Å². The number of nitrogens with one attached hydrogen (secondary N) is 3. The minimum Gasteiger partial charge on any atom is -0.453 e. The van der Waals surface area contributed by atoms with Crippen LogP contribution in [-0.4, -0.2) is 26.5 Å². The zero-order chi connectivity index (χ0) is 22.9. The maximum atomic E-state index is 14.7. The molecule has 0 radical (unpaired) electrons. The van der Waals surface area contributed by atoms with E-state index in [0.29, 0.717) is 5.75 Å². The third-order valence-corrected chi connectivity index (χ3v) is 6.15. The number of hydrogen-bond acceptors (Lipinski definition) is 6. The van der Waals surface area contributed by atoms with Crippen LogP contribution in [-0.2, 0) is 11.8 Å². The highest BCUT2D eigenvalue weighted by molar-refractivity contribution is 7.22. The van der Waals surface area contributed by atoms with Gasteiger partial charge in [-0.2, -0.15) is 0 Å². The molecule has 3 N–H and O–H groups in total. The number of imidazole rings is 1.